The summed E-state index contributed by atoms with van der Waals surface area (Å²) in [4.78, 5) is 40.4. The van der Waals surface area contributed by atoms with E-state index in [1.54, 1.807) is 24.3 Å². The van der Waals surface area contributed by atoms with Gasteiger partial charge in [0.1, 0.15) is 11.3 Å². The monoisotopic (exact) mass is 615 g/mol. The highest BCUT2D eigenvalue weighted by Gasteiger charge is 2.46. The van der Waals surface area contributed by atoms with Gasteiger partial charge in [0.15, 0.2) is 5.78 Å². The van der Waals surface area contributed by atoms with Crippen LogP contribution in [0.3, 0.4) is 0 Å². The van der Waals surface area contributed by atoms with Crippen molar-refractivity contribution in [2.24, 2.45) is 23.7 Å². The molecule has 230 valence electrons. The fraction of sp³-hybridized carbons (Fsp3) is 0.516. The first-order valence-electron chi connectivity index (χ1n) is 14.7. The smallest absolute Gasteiger partial charge is 0.416 e. The highest BCUT2D eigenvalue weighted by atomic mass is 28.3. The van der Waals surface area contributed by atoms with Crippen LogP contribution in [0.2, 0.25) is 25.7 Å². The Balaban J connectivity index is 1.38. The summed E-state index contributed by atoms with van der Waals surface area (Å²) in [7, 11) is -1.50. The number of rotatable bonds is 11. The standard InChI is InChI=1S/C31H36F3N3O5Si/c1-43(2,3)15-14-41-30(40)27-21(17-37-29(39)25-16-22(31(32,33)34)9-13-26(25)35-36-37)8-12-24(27)28(38)20-6-10-23(11-7-20)42-18-19-4-5-19/h6-7,9-11,13,16,19,21,24,27H,4-5,8,12,14-15,17-18H2,1-3H3. The first kappa shape index (κ1) is 30.9. The summed E-state index contributed by atoms with van der Waals surface area (Å²) in [5.74, 6) is -1.45. The molecule has 12 heteroatoms. The van der Waals surface area contributed by atoms with Crippen molar-refractivity contribution in [2.45, 2.75) is 64.1 Å². The lowest BCUT2D eigenvalue weighted by Crippen LogP contribution is -2.36. The number of hydrogen-bond acceptors (Lipinski definition) is 7. The van der Waals surface area contributed by atoms with Crippen molar-refractivity contribution in [1.29, 1.82) is 0 Å². The molecule has 43 heavy (non-hydrogen) atoms. The van der Waals surface area contributed by atoms with E-state index in [2.05, 4.69) is 30.0 Å². The number of benzene rings is 2. The second-order valence-electron chi connectivity index (χ2n) is 12.9. The van der Waals surface area contributed by atoms with Crippen molar-refractivity contribution in [3.8, 4) is 5.75 Å². The van der Waals surface area contributed by atoms with Gasteiger partial charge in [0.25, 0.3) is 5.56 Å². The number of carbonyl (C=O) groups excluding carboxylic acids is 2. The molecule has 8 nitrogen and oxygen atoms in total. The molecule has 3 aromatic rings. The summed E-state index contributed by atoms with van der Waals surface area (Å²) in [5.41, 5.74) is -1.21. The van der Waals surface area contributed by atoms with E-state index >= 15 is 0 Å². The Morgan fingerprint density at radius 1 is 1.02 bits per heavy atom. The quantitative estimate of drug-likeness (QED) is 0.148. The largest absolute Gasteiger partial charge is 0.493 e. The van der Waals surface area contributed by atoms with Crippen LogP contribution in [0.1, 0.15) is 41.6 Å². The summed E-state index contributed by atoms with van der Waals surface area (Å²) >= 11 is 0. The number of esters is 1. The number of carbonyl (C=O) groups is 2. The van der Waals surface area contributed by atoms with Crippen molar-refractivity contribution in [1.82, 2.24) is 15.0 Å². The molecule has 0 radical (unpaired) electrons. The van der Waals surface area contributed by atoms with Crippen LogP contribution >= 0.6 is 0 Å². The molecule has 2 fully saturated rings. The van der Waals surface area contributed by atoms with Crippen LogP contribution in [0.15, 0.2) is 47.3 Å². The van der Waals surface area contributed by atoms with E-state index < -0.39 is 49.1 Å². The van der Waals surface area contributed by atoms with Crippen molar-refractivity contribution < 1.29 is 32.2 Å². The van der Waals surface area contributed by atoms with Crippen molar-refractivity contribution in [3.05, 3.63) is 63.9 Å². The van der Waals surface area contributed by atoms with Crippen LogP contribution in [0.25, 0.3) is 10.9 Å². The molecule has 5 rings (SSSR count). The number of alkyl halides is 3. The van der Waals surface area contributed by atoms with Crippen molar-refractivity contribution in [2.75, 3.05) is 13.2 Å². The second kappa shape index (κ2) is 12.2. The molecular formula is C31H36F3N3O5Si. The van der Waals surface area contributed by atoms with Gasteiger partial charge in [0.05, 0.1) is 36.6 Å². The Hall–Kier alpha value is -3.54. The molecule has 0 aliphatic heterocycles. The number of hydrogen-bond donors (Lipinski definition) is 0. The fourth-order valence-corrected chi connectivity index (χ4v) is 6.23. The summed E-state index contributed by atoms with van der Waals surface area (Å²) in [5, 5.41) is 7.68. The minimum Gasteiger partial charge on any atom is -0.493 e. The summed E-state index contributed by atoms with van der Waals surface area (Å²) in [6, 6.07) is 10.4. The maximum Gasteiger partial charge on any atom is 0.416 e. The maximum absolute atomic E-state index is 13.7. The van der Waals surface area contributed by atoms with Gasteiger partial charge in [-0.15, -0.1) is 5.10 Å². The SMILES string of the molecule is C[Si](C)(C)CCOC(=O)C1C(Cn2nnc3ccc(C(F)(F)F)cc3c2=O)CCC1C(=O)c1ccc(OCC2CC2)cc1. The predicted molar refractivity (Wildman–Crippen MR) is 157 cm³/mol. The predicted octanol–water partition coefficient (Wildman–Crippen LogP) is 6.01. The molecule has 0 N–H and O–H groups in total. The third-order valence-electron chi connectivity index (χ3n) is 8.27. The number of ketones is 1. The van der Waals surface area contributed by atoms with E-state index in [9.17, 15) is 27.6 Å². The van der Waals surface area contributed by atoms with Crippen molar-refractivity contribution in [3.63, 3.8) is 0 Å². The average molecular weight is 616 g/mol. The number of fused-ring (bicyclic) bond motifs is 1. The lowest BCUT2D eigenvalue weighted by molar-refractivity contribution is -0.150. The average Bonchev–Trinajstić information content (AvgIpc) is 3.69. The van der Waals surface area contributed by atoms with Gasteiger partial charge < -0.3 is 9.47 Å². The van der Waals surface area contributed by atoms with E-state index in [0.29, 0.717) is 36.7 Å². The van der Waals surface area contributed by atoms with Gasteiger partial charge in [-0.1, -0.05) is 24.9 Å². The van der Waals surface area contributed by atoms with E-state index in [1.165, 1.54) is 12.8 Å². The molecule has 2 aromatic carbocycles. The summed E-state index contributed by atoms with van der Waals surface area (Å²) < 4.78 is 52.4. The number of halogens is 3. The normalized spacial score (nSPS) is 20.7. The van der Waals surface area contributed by atoms with Gasteiger partial charge in [-0.2, -0.15) is 13.2 Å². The lowest BCUT2D eigenvalue weighted by atomic mass is 9.84. The number of nitrogens with zero attached hydrogens (tertiary/aromatic N) is 3. The third-order valence-corrected chi connectivity index (χ3v) is 9.98. The number of ether oxygens (including phenoxy) is 2. The zero-order chi connectivity index (χ0) is 30.9. The molecule has 3 atom stereocenters. The van der Waals surface area contributed by atoms with E-state index in [1.807, 2.05) is 0 Å². The maximum atomic E-state index is 13.7. The van der Waals surface area contributed by atoms with Crippen LogP contribution in [0.4, 0.5) is 13.2 Å². The molecule has 2 aliphatic rings. The Labute approximate surface area is 248 Å². The Kier molecular flexibility index (Phi) is 8.78. The zero-order valence-corrected chi connectivity index (χ0v) is 25.5. The third kappa shape index (κ3) is 7.52. The van der Waals surface area contributed by atoms with E-state index in [0.717, 1.165) is 28.9 Å². The van der Waals surface area contributed by atoms with Crippen LogP contribution < -0.4 is 10.3 Å². The minimum atomic E-state index is -4.62. The van der Waals surface area contributed by atoms with Gasteiger partial charge in [-0.05, 0) is 86.0 Å². The molecule has 0 saturated heterocycles. The highest BCUT2D eigenvalue weighted by molar-refractivity contribution is 6.76. The van der Waals surface area contributed by atoms with Crippen LogP contribution in [0.5, 0.6) is 5.75 Å². The van der Waals surface area contributed by atoms with Gasteiger partial charge in [0.2, 0.25) is 0 Å². The molecule has 2 saturated carbocycles. The molecule has 1 heterocycles. The molecule has 2 aliphatic carbocycles. The Morgan fingerprint density at radius 2 is 1.74 bits per heavy atom. The zero-order valence-electron chi connectivity index (χ0n) is 24.5. The van der Waals surface area contributed by atoms with Gasteiger partial charge in [-0.3, -0.25) is 14.4 Å². The molecule has 3 unspecified atom stereocenters. The molecule has 0 bridgehead atoms. The fourth-order valence-electron chi connectivity index (χ4n) is 5.51. The van der Waals surface area contributed by atoms with E-state index in [4.69, 9.17) is 9.47 Å². The molecule has 1 aromatic heterocycles. The summed E-state index contributed by atoms with van der Waals surface area (Å²) in [6.07, 6.45) is -1.46. The number of aromatic nitrogens is 3. The molecule has 0 amide bonds. The lowest BCUT2D eigenvalue weighted by Gasteiger charge is -2.24. The first-order chi connectivity index (χ1) is 20.3. The van der Waals surface area contributed by atoms with Crippen molar-refractivity contribution >= 4 is 30.7 Å². The second-order valence-corrected chi connectivity index (χ2v) is 18.5. The van der Waals surface area contributed by atoms with E-state index in [-0.39, 0.29) is 29.8 Å². The Bertz CT molecular complexity index is 1550. The molecular weight excluding hydrogens is 579 g/mol. The van der Waals surface area contributed by atoms with Crippen LogP contribution in [-0.4, -0.2) is 48.0 Å². The summed E-state index contributed by atoms with van der Waals surface area (Å²) in [6.45, 7) is 7.30. The van der Waals surface area contributed by atoms with Gasteiger partial charge in [0, 0.05) is 19.6 Å². The number of Topliss-reactive ketones (excluding diaryl/α,β-unsaturated/α-hetero) is 1. The van der Waals surface area contributed by atoms with Crippen LogP contribution in [0, 0.1) is 23.7 Å². The Morgan fingerprint density at radius 3 is 2.40 bits per heavy atom. The van der Waals surface area contributed by atoms with Gasteiger partial charge in [-0.25, -0.2) is 4.68 Å². The van der Waals surface area contributed by atoms with Gasteiger partial charge >= 0.3 is 12.1 Å². The van der Waals surface area contributed by atoms with Crippen LogP contribution in [-0.2, 0) is 22.3 Å². The molecule has 0 spiro atoms. The highest BCUT2D eigenvalue weighted by Crippen LogP contribution is 2.41. The minimum absolute atomic E-state index is 0.0422. The topological polar surface area (TPSA) is 100 Å². The first-order valence-corrected chi connectivity index (χ1v) is 18.4.